The Morgan fingerprint density at radius 3 is 1.61 bits per heavy atom. The Labute approximate surface area is 178 Å². The monoisotopic (exact) mass is 454 g/mol. The fraction of sp³-hybridized carbons (Fsp3) is 0.778. The van der Waals surface area contributed by atoms with Crippen molar-refractivity contribution in [3.05, 3.63) is 0 Å². The average Bonchev–Trinajstić information content (AvgIpc) is 2.71. The van der Waals surface area contributed by atoms with E-state index < -0.39 is 73.3 Å². The van der Waals surface area contributed by atoms with Gasteiger partial charge in [-0.3, -0.25) is 9.59 Å². The summed E-state index contributed by atoms with van der Waals surface area (Å²) in [4.78, 5) is 49.1. The Morgan fingerprint density at radius 2 is 1.23 bits per heavy atom. The number of hydrogen-bond acceptors (Lipinski definition) is 13. The molecule has 13 heteroatoms. The number of aliphatic hydroxyl groups is 5. The number of hydrogen-bond donors (Lipinski definition) is 5. The van der Waals surface area contributed by atoms with Crippen LogP contribution in [-0.2, 0) is 38.1 Å². The van der Waals surface area contributed by atoms with Crippen LogP contribution >= 0.6 is 0 Å². The second-order valence-corrected chi connectivity index (χ2v) is 6.28. The lowest BCUT2D eigenvalue weighted by atomic mass is 9.94. The molecule has 0 aromatic rings. The molecule has 4 atom stereocenters. The predicted molar refractivity (Wildman–Crippen MR) is 99.1 cm³/mol. The molecule has 31 heavy (non-hydrogen) atoms. The summed E-state index contributed by atoms with van der Waals surface area (Å²) in [5, 5.41) is 47.7. The van der Waals surface area contributed by atoms with Crippen molar-refractivity contribution >= 4 is 23.9 Å². The lowest BCUT2D eigenvalue weighted by molar-refractivity contribution is -0.201. The molecule has 0 aromatic carbocycles. The van der Waals surface area contributed by atoms with Crippen LogP contribution in [-0.4, -0.2) is 106 Å². The lowest BCUT2D eigenvalue weighted by Crippen LogP contribution is -2.54. The second-order valence-electron chi connectivity index (χ2n) is 6.28. The first kappa shape index (κ1) is 28.7. The van der Waals surface area contributed by atoms with E-state index in [0.717, 1.165) is 0 Å². The molecule has 0 rings (SSSR count). The topological polar surface area (TPSA) is 206 Å². The Hall–Kier alpha value is -2.32. The van der Waals surface area contributed by atoms with E-state index in [1.54, 1.807) is 0 Å². The normalized spacial score (nSPS) is 15.2. The smallest absolute Gasteiger partial charge is 0.351 e. The summed E-state index contributed by atoms with van der Waals surface area (Å²) in [6, 6.07) is 0. The van der Waals surface area contributed by atoms with Crippen molar-refractivity contribution in [3.8, 4) is 0 Å². The van der Waals surface area contributed by atoms with Crippen molar-refractivity contribution in [2.24, 2.45) is 0 Å². The fourth-order valence-electron chi connectivity index (χ4n) is 2.39. The number of ether oxygens (including phenoxy) is 4. The number of rotatable bonds is 14. The average molecular weight is 454 g/mol. The predicted octanol–water partition coefficient (Wildman–Crippen LogP) is -2.83. The van der Waals surface area contributed by atoms with Crippen LogP contribution in [0.2, 0.25) is 0 Å². The Bertz CT molecular complexity index is 585. The van der Waals surface area contributed by atoms with Crippen LogP contribution in [0.25, 0.3) is 0 Å². The van der Waals surface area contributed by atoms with Gasteiger partial charge < -0.3 is 44.5 Å². The van der Waals surface area contributed by atoms with Gasteiger partial charge in [-0.25, -0.2) is 9.59 Å². The van der Waals surface area contributed by atoms with Crippen molar-refractivity contribution in [1.29, 1.82) is 0 Å². The highest BCUT2D eigenvalue weighted by Crippen LogP contribution is 2.26. The Kier molecular flexibility index (Phi) is 12.8. The van der Waals surface area contributed by atoms with Crippen molar-refractivity contribution in [1.82, 2.24) is 0 Å². The summed E-state index contributed by atoms with van der Waals surface area (Å²) in [6.45, 7) is 2.92. The van der Waals surface area contributed by atoms with Crippen LogP contribution in [0.3, 0.4) is 0 Å². The van der Waals surface area contributed by atoms with Gasteiger partial charge in [-0.1, -0.05) is 0 Å². The molecule has 0 spiro atoms. The van der Waals surface area contributed by atoms with E-state index in [1.165, 1.54) is 20.8 Å². The summed E-state index contributed by atoms with van der Waals surface area (Å²) in [5.41, 5.74) is -2.60. The first-order chi connectivity index (χ1) is 14.5. The zero-order chi connectivity index (χ0) is 24.2. The molecule has 0 fully saturated rings. The van der Waals surface area contributed by atoms with E-state index >= 15 is 0 Å². The molecule has 0 aromatic heterocycles. The highest BCUT2D eigenvalue weighted by molar-refractivity contribution is 5.93. The van der Waals surface area contributed by atoms with Crippen molar-refractivity contribution in [2.75, 3.05) is 26.4 Å². The van der Waals surface area contributed by atoms with Gasteiger partial charge in [0.1, 0.15) is 18.3 Å². The third kappa shape index (κ3) is 8.75. The first-order valence-electron chi connectivity index (χ1n) is 9.53. The first-order valence-corrected chi connectivity index (χ1v) is 9.53. The van der Waals surface area contributed by atoms with Crippen LogP contribution in [0.15, 0.2) is 0 Å². The van der Waals surface area contributed by atoms with E-state index in [1.807, 2.05) is 0 Å². The van der Waals surface area contributed by atoms with Gasteiger partial charge in [-0.15, -0.1) is 0 Å². The Morgan fingerprint density at radius 1 is 0.774 bits per heavy atom. The molecular weight excluding hydrogens is 424 g/mol. The molecule has 0 aliphatic heterocycles. The summed E-state index contributed by atoms with van der Waals surface area (Å²) in [7, 11) is 0. The summed E-state index contributed by atoms with van der Waals surface area (Å²) in [6.07, 6.45) is -10.9. The van der Waals surface area contributed by atoms with Crippen LogP contribution in [0.5, 0.6) is 0 Å². The van der Waals surface area contributed by atoms with Gasteiger partial charge in [-0.2, -0.15) is 0 Å². The number of carbonyl (C=O) groups excluding carboxylic acids is 4. The molecule has 0 radical (unpaired) electrons. The molecule has 0 saturated carbocycles. The van der Waals surface area contributed by atoms with Gasteiger partial charge in [-0.05, 0) is 20.8 Å². The summed E-state index contributed by atoms with van der Waals surface area (Å²) >= 11 is 0. The zero-order valence-electron chi connectivity index (χ0n) is 17.6. The van der Waals surface area contributed by atoms with Crippen LogP contribution in [0, 0.1) is 0 Å². The SMILES string of the molecule is CCOC(=O)CC(CC(=O)OCC)(OC(=O)[C@H](O)[C@@H](O)[C@H](O)[C@H](O)CO)C(=O)OCC. The van der Waals surface area contributed by atoms with Crippen molar-refractivity contribution in [2.45, 2.75) is 63.6 Å². The highest BCUT2D eigenvalue weighted by Gasteiger charge is 2.50. The number of esters is 4. The minimum Gasteiger partial charge on any atom is -0.466 e. The summed E-state index contributed by atoms with van der Waals surface area (Å²) < 4.78 is 19.2. The van der Waals surface area contributed by atoms with Crippen LogP contribution in [0.1, 0.15) is 33.6 Å². The van der Waals surface area contributed by atoms with Gasteiger partial charge in [0.2, 0.25) is 5.60 Å². The Balaban J connectivity index is 5.95. The zero-order valence-corrected chi connectivity index (χ0v) is 17.6. The third-order valence-corrected chi connectivity index (χ3v) is 3.91. The number of carbonyl (C=O) groups is 4. The molecule has 0 bridgehead atoms. The molecule has 5 N–H and O–H groups in total. The number of aliphatic hydroxyl groups excluding tert-OH is 5. The highest BCUT2D eigenvalue weighted by atomic mass is 16.6. The molecule has 0 heterocycles. The van der Waals surface area contributed by atoms with E-state index in [2.05, 4.69) is 0 Å². The lowest BCUT2D eigenvalue weighted by Gasteiger charge is -2.32. The van der Waals surface area contributed by atoms with Crippen molar-refractivity contribution < 1.29 is 63.7 Å². The molecule has 0 amide bonds. The third-order valence-electron chi connectivity index (χ3n) is 3.91. The minimum absolute atomic E-state index is 0.0995. The molecule has 0 aliphatic rings. The largest absolute Gasteiger partial charge is 0.466 e. The minimum atomic E-state index is -2.60. The molecule has 0 saturated heterocycles. The van der Waals surface area contributed by atoms with E-state index in [4.69, 9.17) is 24.1 Å². The summed E-state index contributed by atoms with van der Waals surface area (Å²) in [5.74, 6) is -5.13. The standard InChI is InChI=1S/C18H30O13/c1-4-28-11(21)7-18(17(27)30-6-3,8-12(22)29-5-2)31-16(26)15(25)14(24)13(23)10(20)9-19/h10,13-15,19-20,23-25H,4-9H2,1-3H3/t10-,13-,14+,15-/m1/s1. The van der Waals surface area contributed by atoms with Gasteiger partial charge >= 0.3 is 23.9 Å². The van der Waals surface area contributed by atoms with Crippen LogP contribution in [0.4, 0.5) is 0 Å². The quantitative estimate of drug-likeness (QED) is 0.133. The van der Waals surface area contributed by atoms with E-state index in [0.29, 0.717) is 0 Å². The second kappa shape index (κ2) is 13.9. The fourth-order valence-corrected chi connectivity index (χ4v) is 2.39. The molecule has 0 unspecified atom stereocenters. The maximum Gasteiger partial charge on any atom is 0.351 e. The maximum atomic E-state index is 12.6. The molecule has 180 valence electrons. The van der Waals surface area contributed by atoms with Crippen molar-refractivity contribution in [3.63, 3.8) is 0 Å². The van der Waals surface area contributed by atoms with E-state index in [9.17, 15) is 39.6 Å². The van der Waals surface area contributed by atoms with Gasteiger partial charge in [0.05, 0.1) is 39.3 Å². The molecular formula is C18H30O13. The van der Waals surface area contributed by atoms with Gasteiger partial charge in [0, 0.05) is 0 Å². The van der Waals surface area contributed by atoms with E-state index in [-0.39, 0.29) is 19.8 Å². The van der Waals surface area contributed by atoms with Gasteiger partial charge in [0.15, 0.2) is 6.10 Å². The van der Waals surface area contributed by atoms with Crippen LogP contribution < -0.4 is 0 Å². The van der Waals surface area contributed by atoms with Gasteiger partial charge in [0.25, 0.3) is 0 Å². The molecule has 0 aliphatic carbocycles. The molecule has 13 nitrogen and oxygen atoms in total. The maximum absolute atomic E-state index is 12.6.